The minimum absolute atomic E-state index is 0.304. The van der Waals surface area contributed by atoms with Gasteiger partial charge in [0.2, 0.25) is 0 Å². The number of aryl methyl sites for hydroxylation is 1. The van der Waals surface area contributed by atoms with Crippen LogP contribution in [0.25, 0.3) is 0 Å². The molecule has 0 saturated carbocycles. The topological polar surface area (TPSA) is 26.8 Å². The van der Waals surface area contributed by atoms with Gasteiger partial charge in [0.15, 0.2) is 5.71 Å². The van der Waals surface area contributed by atoms with Gasteiger partial charge in [0.1, 0.15) is 14.1 Å². The van der Waals surface area contributed by atoms with Crippen molar-refractivity contribution in [1.29, 1.82) is 5.26 Å². The quantitative estimate of drug-likeness (QED) is 0.708. The summed E-state index contributed by atoms with van der Waals surface area (Å²) < 4.78 is 2.17. The van der Waals surface area contributed by atoms with Gasteiger partial charge in [0.05, 0.1) is 11.6 Å². The Morgan fingerprint density at radius 1 is 1.08 bits per heavy atom. The van der Waals surface area contributed by atoms with E-state index in [4.69, 9.17) is 5.26 Å². The molecule has 0 aliphatic heterocycles. The van der Waals surface area contributed by atoms with Crippen LogP contribution in [-0.4, -0.2) is 24.4 Å². The predicted octanol–water partition coefficient (Wildman–Crippen LogP) is 4.38. The van der Waals surface area contributed by atoms with E-state index in [1.165, 1.54) is 33.5 Å². The molecule has 0 N–H and O–H groups in total. The maximum Gasteiger partial charge on any atom is 0.199 e. The zero-order valence-electron chi connectivity index (χ0n) is 15.5. The fraction of sp³-hybridized carbons (Fsp3) is 0.250. The number of hydrogen-bond donors (Lipinski definition) is 0. The van der Waals surface area contributed by atoms with Crippen molar-refractivity contribution in [3.63, 3.8) is 0 Å². The average Bonchev–Trinajstić information content (AvgIpc) is 2.65. The third-order valence-corrected chi connectivity index (χ3v) is 5.54. The molecule has 2 unspecified atom stereocenters. The Morgan fingerprint density at radius 3 is 2.54 bits per heavy atom. The van der Waals surface area contributed by atoms with Gasteiger partial charge in [0.25, 0.3) is 0 Å². The fourth-order valence-electron chi connectivity index (χ4n) is 4.19. The van der Waals surface area contributed by atoms with Gasteiger partial charge >= 0.3 is 0 Å². The van der Waals surface area contributed by atoms with Gasteiger partial charge in [0, 0.05) is 24.0 Å². The van der Waals surface area contributed by atoms with E-state index in [-0.39, 0.29) is 0 Å². The number of rotatable bonds is 1. The summed E-state index contributed by atoms with van der Waals surface area (Å²) in [5.74, 6) is 0.681. The molecule has 0 fully saturated rings. The average molecular weight is 339 g/mol. The van der Waals surface area contributed by atoms with Crippen molar-refractivity contribution in [3.05, 3.63) is 94.1 Å². The fourth-order valence-corrected chi connectivity index (χ4v) is 4.19. The number of nitrogens with zero attached hydrogens (tertiary/aromatic N) is 2. The molecule has 0 amide bonds. The number of benzene rings is 2. The van der Waals surface area contributed by atoms with E-state index in [2.05, 4.69) is 80.2 Å². The summed E-state index contributed by atoms with van der Waals surface area (Å²) in [6.07, 6.45) is 7.96. The molecule has 26 heavy (non-hydrogen) atoms. The Kier molecular flexibility index (Phi) is 4.09. The molecule has 4 rings (SSSR count). The zero-order valence-corrected chi connectivity index (χ0v) is 15.5. The Bertz CT molecular complexity index is 993. The SMILES string of the molecule is Cc1ccc2c(c1)CC1=CC(=[N+](C)C)C=CC1C2c1ccc(C#N)cc1. The molecule has 0 bridgehead atoms. The predicted molar refractivity (Wildman–Crippen MR) is 106 cm³/mol. The molecule has 2 aliphatic rings. The lowest BCUT2D eigenvalue weighted by Gasteiger charge is -2.36. The van der Waals surface area contributed by atoms with Crippen LogP contribution in [0.2, 0.25) is 0 Å². The van der Waals surface area contributed by atoms with Gasteiger partial charge in [-0.3, -0.25) is 0 Å². The summed E-state index contributed by atoms with van der Waals surface area (Å²) in [7, 11) is 4.19. The molecule has 2 aliphatic carbocycles. The molecule has 0 saturated heterocycles. The first-order chi connectivity index (χ1) is 12.6. The van der Waals surface area contributed by atoms with Crippen LogP contribution in [-0.2, 0) is 6.42 Å². The van der Waals surface area contributed by atoms with Crippen molar-refractivity contribution in [2.45, 2.75) is 19.3 Å². The van der Waals surface area contributed by atoms with Crippen molar-refractivity contribution in [2.75, 3.05) is 14.1 Å². The van der Waals surface area contributed by atoms with Crippen LogP contribution in [0.4, 0.5) is 0 Å². The summed E-state index contributed by atoms with van der Waals surface area (Å²) in [5, 5.41) is 9.12. The van der Waals surface area contributed by atoms with Crippen LogP contribution >= 0.6 is 0 Å². The Labute approximate surface area is 155 Å². The van der Waals surface area contributed by atoms with Gasteiger partial charge in [-0.25, -0.2) is 4.58 Å². The van der Waals surface area contributed by atoms with Crippen LogP contribution in [0.5, 0.6) is 0 Å². The summed E-state index contributed by atoms with van der Waals surface area (Å²) in [4.78, 5) is 0. The highest BCUT2D eigenvalue weighted by atomic mass is 14.9. The van der Waals surface area contributed by atoms with E-state index in [0.29, 0.717) is 17.4 Å². The highest BCUT2D eigenvalue weighted by Gasteiger charge is 2.34. The van der Waals surface area contributed by atoms with Crippen molar-refractivity contribution >= 4 is 5.71 Å². The van der Waals surface area contributed by atoms with Gasteiger partial charge in [-0.1, -0.05) is 47.5 Å². The van der Waals surface area contributed by atoms with E-state index in [9.17, 15) is 0 Å². The Morgan fingerprint density at radius 2 is 1.85 bits per heavy atom. The Balaban J connectivity index is 1.88. The molecule has 2 heteroatoms. The lowest BCUT2D eigenvalue weighted by molar-refractivity contribution is -0.462. The smallest absolute Gasteiger partial charge is 0.199 e. The first kappa shape index (κ1) is 16.5. The van der Waals surface area contributed by atoms with Crippen molar-refractivity contribution < 1.29 is 4.58 Å². The van der Waals surface area contributed by atoms with E-state index in [0.717, 1.165) is 6.42 Å². The summed E-state index contributed by atoms with van der Waals surface area (Å²) in [6, 6.07) is 17.2. The van der Waals surface area contributed by atoms with E-state index in [1.807, 2.05) is 12.1 Å². The third-order valence-electron chi connectivity index (χ3n) is 5.54. The maximum absolute atomic E-state index is 9.12. The van der Waals surface area contributed by atoms with Crippen molar-refractivity contribution in [1.82, 2.24) is 0 Å². The molecular weight excluding hydrogens is 316 g/mol. The van der Waals surface area contributed by atoms with Crippen LogP contribution in [0.15, 0.2) is 66.3 Å². The van der Waals surface area contributed by atoms with E-state index < -0.39 is 0 Å². The number of nitriles is 1. The highest BCUT2D eigenvalue weighted by molar-refractivity contribution is 6.02. The zero-order chi connectivity index (χ0) is 18.3. The van der Waals surface area contributed by atoms with Crippen LogP contribution in [0, 0.1) is 24.2 Å². The van der Waals surface area contributed by atoms with Crippen LogP contribution in [0.3, 0.4) is 0 Å². The molecule has 2 aromatic rings. The van der Waals surface area contributed by atoms with E-state index >= 15 is 0 Å². The third kappa shape index (κ3) is 2.80. The lowest BCUT2D eigenvalue weighted by Crippen LogP contribution is -2.27. The van der Waals surface area contributed by atoms with Gasteiger partial charge in [-0.15, -0.1) is 0 Å². The first-order valence-corrected chi connectivity index (χ1v) is 9.09. The molecule has 2 atom stereocenters. The van der Waals surface area contributed by atoms with Gasteiger partial charge in [-0.2, -0.15) is 5.26 Å². The largest absolute Gasteiger partial charge is 0.235 e. The number of allylic oxidation sites excluding steroid dienone is 4. The van der Waals surface area contributed by atoms with E-state index in [1.54, 1.807) is 0 Å². The first-order valence-electron chi connectivity index (χ1n) is 9.09. The lowest BCUT2D eigenvalue weighted by atomic mass is 9.67. The Hall–Kier alpha value is -2.92. The normalized spacial score (nSPS) is 20.7. The molecular formula is C24H23N2+. The molecule has 0 aromatic heterocycles. The van der Waals surface area contributed by atoms with Crippen LogP contribution < -0.4 is 0 Å². The molecule has 0 spiro atoms. The van der Waals surface area contributed by atoms with Crippen molar-refractivity contribution in [2.24, 2.45) is 5.92 Å². The summed E-state index contributed by atoms with van der Waals surface area (Å²) in [5.41, 5.74) is 8.88. The number of fused-ring (bicyclic) bond motifs is 2. The minimum atomic E-state index is 0.304. The second-order valence-corrected chi connectivity index (χ2v) is 7.51. The molecule has 0 radical (unpaired) electrons. The standard InChI is InChI=1S/C24H23N2/c1-16-4-10-22-19(12-16)13-20-14-21(26(2)3)9-11-23(20)24(22)18-7-5-17(15-25)6-8-18/h4-12,14,23-24H,13H2,1-3H3/q+1. The van der Waals surface area contributed by atoms with Gasteiger partial charge in [-0.05, 0) is 42.2 Å². The second kappa shape index (κ2) is 6.42. The molecule has 0 heterocycles. The minimum Gasteiger partial charge on any atom is -0.235 e. The maximum atomic E-state index is 9.12. The van der Waals surface area contributed by atoms with Gasteiger partial charge < -0.3 is 0 Å². The summed E-state index contributed by atoms with van der Waals surface area (Å²) in [6.45, 7) is 2.16. The van der Waals surface area contributed by atoms with Crippen molar-refractivity contribution in [3.8, 4) is 6.07 Å². The summed E-state index contributed by atoms with van der Waals surface area (Å²) >= 11 is 0. The van der Waals surface area contributed by atoms with Crippen LogP contribution in [0.1, 0.15) is 33.7 Å². The highest BCUT2D eigenvalue weighted by Crippen LogP contribution is 2.45. The second-order valence-electron chi connectivity index (χ2n) is 7.51. The molecule has 128 valence electrons. The number of hydrogen-bond acceptors (Lipinski definition) is 1. The monoisotopic (exact) mass is 339 g/mol. The molecule has 2 nitrogen and oxygen atoms in total. The molecule has 2 aromatic carbocycles.